The summed E-state index contributed by atoms with van der Waals surface area (Å²) < 4.78 is 0. The van der Waals surface area contributed by atoms with E-state index in [0.29, 0.717) is 6.54 Å². The van der Waals surface area contributed by atoms with Gasteiger partial charge in [0.25, 0.3) is 0 Å². The molecule has 0 aliphatic heterocycles. The summed E-state index contributed by atoms with van der Waals surface area (Å²) in [4.78, 5) is 22.8. The van der Waals surface area contributed by atoms with Crippen molar-refractivity contribution in [3.63, 3.8) is 0 Å². The number of aliphatic carboxylic acids is 2. The van der Waals surface area contributed by atoms with Crippen LogP contribution in [0.1, 0.15) is 32.1 Å². The van der Waals surface area contributed by atoms with E-state index in [1.807, 2.05) is 0 Å². The molecule has 0 saturated heterocycles. The van der Waals surface area contributed by atoms with Gasteiger partial charge in [0.1, 0.15) is 0 Å². The van der Waals surface area contributed by atoms with Crippen molar-refractivity contribution in [1.82, 2.24) is 4.90 Å². The highest BCUT2D eigenvalue weighted by molar-refractivity contribution is 5.69. The van der Waals surface area contributed by atoms with Crippen molar-refractivity contribution in [3.05, 3.63) is 0 Å². The SMILES string of the molecule is O=C(O)CCN(CC(=O)O)C1CCCC1. The molecular formula is C10H17NO4. The molecule has 86 valence electrons. The zero-order chi connectivity index (χ0) is 11.3. The van der Waals surface area contributed by atoms with Gasteiger partial charge in [-0.05, 0) is 12.8 Å². The molecule has 2 N–H and O–H groups in total. The molecule has 0 unspecified atom stereocenters. The van der Waals surface area contributed by atoms with Gasteiger partial charge in [0, 0.05) is 12.6 Å². The summed E-state index contributed by atoms with van der Waals surface area (Å²) >= 11 is 0. The summed E-state index contributed by atoms with van der Waals surface area (Å²) in [7, 11) is 0. The Labute approximate surface area is 88.7 Å². The van der Waals surface area contributed by atoms with Crippen molar-refractivity contribution in [2.75, 3.05) is 13.1 Å². The number of hydrogen-bond donors (Lipinski definition) is 2. The molecule has 0 amide bonds. The Morgan fingerprint density at radius 1 is 1.13 bits per heavy atom. The van der Waals surface area contributed by atoms with E-state index in [1.54, 1.807) is 4.90 Å². The first-order valence-electron chi connectivity index (χ1n) is 5.27. The van der Waals surface area contributed by atoms with Gasteiger partial charge >= 0.3 is 11.9 Å². The van der Waals surface area contributed by atoms with Crippen molar-refractivity contribution in [3.8, 4) is 0 Å². The zero-order valence-electron chi connectivity index (χ0n) is 8.69. The van der Waals surface area contributed by atoms with E-state index >= 15 is 0 Å². The second-order valence-corrected chi connectivity index (χ2v) is 3.95. The molecule has 1 aliphatic rings. The number of hydrogen-bond acceptors (Lipinski definition) is 3. The quantitative estimate of drug-likeness (QED) is 0.685. The second kappa shape index (κ2) is 5.70. The lowest BCUT2D eigenvalue weighted by Crippen LogP contribution is -2.38. The first-order chi connectivity index (χ1) is 7.09. The Balaban J connectivity index is 2.43. The predicted molar refractivity (Wildman–Crippen MR) is 53.7 cm³/mol. The van der Waals surface area contributed by atoms with Crippen LogP contribution in [0, 0.1) is 0 Å². The van der Waals surface area contributed by atoms with Gasteiger partial charge in [0.15, 0.2) is 0 Å². The molecule has 1 rings (SSSR count). The summed E-state index contributed by atoms with van der Waals surface area (Å²) in [5, 5.41) is 17.3. The van der Waals surface area contributed by atoms with Crippen LogP contribution in [-0.4, -0.2) is 46.2 Å². The molecule has 0 aromatic heterocycles. The van der Waals surface area contributed by atoms with E-state index in [4.69, 9.17) is 10.2 Å². The topological polar surface area (TPSA) is 77.8 Å². The average Bonchev–Trinajstić information content (AvgIpc) is 2.63. The maximum absolute atomic E-state index is 10.6. The fraction of sp³-hybridized carbons (Fsp3) is 0.800. The third-order valence-corrected chi connectivity index (χ3v) is 2.79. The third-order valence-electron chi connectivity index (χ3n) is 2.79. The summed E-state index contributed by atoms with van der Waals surface area (Å²) in [5.41, 5.74) is 0. The molecule has 0 radical (unpaired) electrons. The minimum absolute atomic E-state index is 0.0176. The maximum Gasteiger partial charge on any atom is 0.317 e. The number of rotatable bonds is 6. The third kappa shape index (κ3) is 4.29. The minimum Gasteiger partial charge on any atom is -0.481 e. The van der Waals surface area contributed by atoms with Crippen molar-refractivity contribution >= 4 is 11.9 Å². The van der Waals surface area contributed by atoms with Gasteiger partial charge in [-0.1, -0.05) is 12.8 Å². The number of carboxylic acid groups (broad SMARTS) is 2. The molecular weight excluding hydrogens is 198 g/mol. The summed E-state index contributed by atoms with van der Waals surface area (Å²) in [6, 6.07) is 0.264. The van der Waals surface area contributed by atoms with Crippen LogP contribution < -0.4 is 0 Å². The molecule has 0 aromatic carbocycles. The highest BCUT2D eigenvalue weighted by atomic mass is 16.4. The van der Waals surface area contributed by atoms with E-state index in [0.717, 1.165) is 25.7 Å². The first kappa shape index (κ1) is 12.0. The summed E-state index contributed by atoms with van der Waals surface area (Å²) in [6.45, 7) is 0.296. The molecule has 0 spiro atoms. The summed E-state index contributed by atoms with van der Waals surface area (Å²) in [5.74, 6) is -1.75. The monoisotopic (exact) mass is 215 g/mol. The number of carbonyl (C=O) groups is 2. The average molecular weight is 215 g/mol. The van der Waals surface area contributed by atoms with Crippen LogP contribution in [0.2, 0.25) is 0 Å². The lowest BCUT2D eigenvalue weighted by atomic mass is 10.2. The largest absolute Gasteiger partial charge is 0.481 e. The standard InChI is InChI=1S/C10H17NO4/c12-9(13)5-6-11(7-10(14)15)8-3-1-2-4-8/h8H,1-7H2,(H,12,13)(H,14,15). The normalized spacial score (nSPS) is 17.1. The van der Waals surface area contributed by atoms with Crippen molar-refractivity contribution < 1.29 is 19.8 Å². The van der Waals surface area contributed by atoms with Crippen LogP contribution in [-0.2, 0) is 9.59 Å². The van der Waals surface area contributed by atoms with Crippen molar-refractivity contribution in [2.45, 2.75) is 38.1 Å². The second-order valence-electron chi connectivity index (χ2n) is 3.95. The Morgan fingerprint density at radius 2 is 1.73 bits per heavy atom. The summed E-state index contributed by atoms with van der Waals surface area (Å²) in [6.07, 6.45) is 4.24. The van der Waals surface area contributed by atoms with E-state index in [2.05, 4.69) is 0 Å². The Bertz CT molecular complexity index is 236. The van der Waals surface area contributed by atoms with Gasteiger partial charge in [-0.3, -0.25) is 14.5 Å². The van der Waals surface area contributed by atoms with Gasteiger partial charge in [-0.25, -0.2) is 0 Å². The van der Waals surface area contributed by atoms with Crippen molar-refractivity contribution in [2.24, 2.45) is 0 Å². The molecule has 1 aliphatic carbocycles. The van der Waals surface area contributed by atoms with Gasteiger partial charge < -0.3 is 10.2 Å². The van der Waals surface area contributed by atoms with Gasteiger partial charge in [-0.15, -0.1) is 0 Å². The molecule has 0 atom stereocenters. The van der Waals surface area contributed by atoms with Crippen LogP contribution in [0.25, 0.3) is 0 Å². The molecule has 1 saturated carbocycles. The fourth-order valence-electron chi connectivity index (χ4n) is 2.07. The highest BCUT2D eigenvalue weighted by Crippen LogP contribution is 2.23. The molecule has 5 heteroatoms. The highest BCUT2D eigenvalue weighted by Gasteiger charge is 2.24. The van der Waals surface area contributed by atoms with Crippen LogP contribution in [0.5, 0.6) is 0 Å². The van der Waals surface area contributed by atoms with Crippen LogP contribution in [0.3, 0.4) is 0 Å². The Kier molecular flexibility index (Phi) is 4.55. The van der Waals surface area contributed by atoms with E-state index in [9.17, 15) is 9.59 Å². The Morgan fingerprint density at radius 3 is 2.20 bits per heavy atom. The molecule has 1 fully saturated rings. The fourth-order valence-corrected chi connectivity index (χ4v) is 2.07. The van der Waals surface area contributed by atoms with Crippen molar-refractivity contribution in [1.29, 1.82) is 0 Å². The van der Waals surface area contributed by atoms with Crippen LogP contribution in [0.15, 0.2) is 0 Å². The van der Waals surface area contributed by atoms with Gasteiger partial charge in [-0.2, -0.15) is 0 Å². The number of nitrogens with zero attached hydrogens (tertiary/aromatic N) is 1. The van der Waals surface area contributed by atoms with Gasteiger partial charge in [0.2, 0.25) is 0 Å². The maximum atomic E-state index is 10.6. The molecule has 0 bridgehead atoms. The first-order valence-corrected chi connectivity index (χ1v) is 5.27. The van der Waals surface area contributed by atoms with Crippen LogP contribution in [0.4, 0.5) is 0 Å². The molecule has 15 heavy (non-hydrogen) atoms. The van der Waals surface area contributed by atoms with Gasteiger partial charge in [0.05, 0.1) is 13.0 Å². The minimum atomic E-state index is -0.882. The number of carboxylic acids is 2. The predicted octanol–water partition coefficient (Wildman–Crippen LogP) is 0.790. The lowest BCUT2D eigenvalue weighted by Gasteiger charge is -2.26. The smallest absolute Gasteiger partial charge is 0.317 e. The molecule has 0 aromatic rings. The molecule has 5 nitrogen and oxygen atoms in total. The van der Waals surface area contributed by atoms with E-state index in [1.165, 1.54) is 0 Å². The lowest BCUT2D eigenvalue weighted by molar-refractivity contribution is -0.141. The van der Waals surface area contributed by atoms with E-state index in [-0.39, 0.29) is 19.0 Å². The van der Waals surface area contributed by atoms with E-state index < -0.39 is 11.9 Å². The van der Waals surface area contributed by atoms with Crippen LogP contribution >= 0.6 is 0 Å². The Hall–Kier alpha value is -1.10. The zero-order valence-corrected chi connectivity index (χ0v) is 8.69. The molecule has 0 heterocycles.